The first kappa shape index (κ1) is 7.74. The topological polar surface area (TPSA) is 80.5 Å². The van der Waals surface area contributed by atoms with Gasteiger partial charge in [0.05, 0.1) is 6.33 Å². The number of hydrogen-bond acceptors (Lipinski definition) is 4. The van der Waals surface area contributed by atoms with Crippen molar-refractivity contribution >= 4 is 29.4 Å². The number of aromatic amines is 1. The second-order valence-corrected chi connectivity index (χ2v) is 1.86. The van der Waals surface area contributed by atoms with Crippen LogP contribution in [0.3, 0.4) is 0 Å². The van der Waals surface area contributed by atoms with E-state index < -0.39 is 0 Å². The first-order chi connectivity index (χ1) is 4.88. The Kier molecular flexibility index (Phi) is 1.91. The monoisotopic (exact) mass is 176 g/mol. The van der Waals surface area contributed by atoms with Crippen molar-refractivity contribution in [2.24, 2.45) is 0 Å². The lowest BCUT2D eigenvalue weighted by Crippen LogP contribution is -1.91. The first-order valence-corrected chi connectivity index (χ1v) is 2.77. The zero-order chi connectivity index (χ0) is 6.97. The van der Waals surface area contributed by atoms with Gasteiger partial charge in [0.2, 0.25) is 0 Å². The lowest BCUT2D eigenvalue weighted by molar-refractivity contribution is 1.21. The normalized spacial score (nSPS) is 9.45. The predicted molar refractivity (Wildman–Crippen MR) is 43.3 cm³/mol. The molecule has 0 radical (unpaired) electrons. The van der Waals surface area contributed by atoms with Crippen molar-refractivity contribution in [3.63, 3.8) is 0 Å². The number of fused-ring (bicyclic) bond motifs is 1. The van der Waals surface area contributed by atoms with Gasteiger partial charge in [0.15, 0.2) is 11.5 Å². The van der Waals surface area contributed by atoms with Crippen LogP contribution >= 0.6 is 12.4 Å². The molecule has 0 atom stereocenters. The molecule has 58 valence electrons. The third-order valence-corrected chi connectivity index (χ3v) is 1.25. The summed E-state index contributed by atoms with van der Waals surface area (Å²) in [5.74, 6) is 0.433. The number of rotatable bonds is 0. The van der Waals surface area contributed by atoms with Gasteiger partial charge in [0, 0.05) is 0 Å². The summed E-state index contributed by atoms with van der Waals surface area (Å²) in [5.41, 5.74) is 6.78. The second-order valence-electron chi connectivity index (χ2n) is 1.86. The van der Waals surface area contributed by atoms with E-state index in [0.29, 0.717) is 17.0 Å². The van der Waals surface area contributed by atoms with Gasteiger partial charge in [-0.3, -0.25) is 0 Å². The summed E-state index contributed by atoms with van der Waals surface area (Å²) in [6.45, 7) is 0. The van der Waals surface area contributed by atoms with Crippen LogP contribution in [0.5, 0.6) is 0 Å². The molecule has 5 nitrogen and oxygen atoms in total. The predicted octanol–water partition coefficient (Wildman–Crippen LogP) is 0.357. The number of aromatic nitrogens is 4. The van der Waals surface area contributed by atoms with Gasteiger partial charge in [-0.05, 0) is 0 Å². The van der Waals surface area contributed by atoms with E-state index in [-0.39, 0.29) is 12.4 Å². The van der Waals surface area contributed by atoms with Crippen molar-refractivity contribution in [1.29, 1.82) is 0 Å². The van der Waals surface area contributed by atoms with Crippen LogP contribution in [0, 0.1) is 0 Å². The average Bonchev–Trinajstić information content (AvgIpc) is 2.36. The molecule has 0 spiro atoms. The van der Waals surface area contributed by atoms with Crippen LogP contribution in [-0.4, -0.2) is 19.9 Å². The van der Waals surface area contributed by atoms with Crippen molar-refractivity contribution in [2.45, 2.75) is 0 Å². The Labute approximate surface area is 68.5 Å². The summed E-state index contributed by atoms with van der Waals surface area (Å²) in [4.78, 5) is 14.4. The van der Waals surface area contributed by atoms with Crippen molar-refractivity contribution < 1.29 is 0 Å². The number of nitrogens with zero attached hydrogens (tertiary/aromatic N) is 3. The zero-order valence-corrected chi connectivity index (χ0v) is 6.30. The molecule has 2 aromatic rings. The number of hydrogen-bond donors (Lipinski definition) is 2. The molecule has 0 bridgehead atoms. The minimum absolute atomic E-state index is 0. The van der Waals surface area contributed by atoms with Gasteiger partial charge in [-0.2, -0.15) is 0 Å². The number of anilines is 1. The molecule has 0 saturated carbocycles. The third kappa shape index (κ3) is 1.10. The molecule has 0 fully saturated rings. The summed E-state index contributed by atoms with van der Waals surface area (Å²) in [6, 6.07) is 0. The van der Waals surface area contributed by atoms with E-state index in [2.05, 4.69) is 19.9 Å². The highest BCUT2D eigenvalue weighted by molar-refractivity contribution is 5.85. The standard InChI is InChI=1S/C5H5N5.ClH/c6-4-3-5(9-1-7-3)10-2-8-4;/h1-2H,(H3,6,7,8,9,10);1H/i6+1,7+1,8+1,9+1,10+1;. The van der Waals surface area contributed by atoms with Crippen molar-refractivity contribution in [3.05, 3.63) is 12.7 Å². The molecule has 0 saturated heterocycles. The Morgan fingerprint density at radius 2 is 2.09 bits per heavy atom. The second kappa shape index (κ2) is 2.71. The quantitative estimate of drug-likeness (QED) is 0.568. The SMILES string of the molecule is Cl.[15NH2]c1[15n]c[15n]c2[15n]c[15nH]c12. The van der Waals surface area contributed by atoms with Gasteiger partial charge < -0.3 is 10.7 Å². The highest BCUT2D eigenvalue weighted by Crippen LogP contribution is 2.09. The Balaban J connectivity index is 0.000000605. The zero-order valence-electron chi connectivity index (χ0n) is 5.48. The maximum atomic E-state index is 5.48. The number of halogens is 1. The van der Waals surface area contributed by atoms with Gasteiger partial charge in [0.25, 0.3) is 0 Å². The Bertz CT molecular complexity index is 356. The van der Waals surface area contributed by atoms with Crippen molar-refractivity contribution in [3.8, 4) is 0 Å². The van der Waals surface area contributed by atoms with E-state index in [1.807, 2.05) is 0 Å². The molecule has 0 amide bonds. The maximum Gasteiger partial charge on any atom is 0.182 e. The molecule has 0 aliphatic heterocycles. The molecule has 2 aromatic heterocycles. The molecular formula is C5H6ClN5. The molecule has 6 heteroatoms. The molecule has 2 rings (SSSR count). The van der Waals surface area contributed by atoms with Crippen LogP contribution in [0.4, 0.5) is 5.82 Å². The average molecular weight is 177 g/mol. The van der Waals surface area contributed by atoms with Crippen LogP contribution in [0.25, 0.3) is 11.2 Å². The van der Waals surface area contributed by atoms with Crippen LogP contribution in [0.15, 0.2) is 12.7 Å². The maximum absolute atomic E-state index is 5.48. The largest absolute Gasteiger partial charge is 0.382 e. The lowest BCUT2D eigenvalue weighted by atomic mass is 10.6. The molecule has 11 heavy (non-hydrogen) atoms. The van der Waals surface area contributed by atoms with E-state index >= 15 is 0 Å². The van der Waals surface area contributed by atoms with Gasteiger partial charge in [0.1, 0.15) is 11.8 Å². The van der Waals surface area contributed by atoms with Gasteiger partial charge >= 0.3 is 0 Å². The molecular weight excluding hydrogens is 171 g/mol. The number of nitrogens with two attached hydrogens (primary N) is 1. The van der Waals surface area contributed by atoms with E-state index in [0.717, 1.165) is 0 Å². The Morgan fingerprint density at radius 1 is 1.27 bits per heavy atom. The number of nitrogens with one attached hydrogen (secondary N) is 1. The smallest absolute Gasteiger partial charge is 0.182 e. The van der Waals surface area contributed by atoms with E-state index in [9.17, 15) is 0 Å². The van der Waals surface area contributed by atoms with Gasteiger partial charge in [-0.15, -0.1) is 12.4 Å². The minimum atomic E-state index is 0. The fourth-order valence-corrected chi connectivity index (χ4v) is 0.784. The Morgan fingerprint density at radius 3 is 2.82 bits per heavy atom. The Hall–Kier alpha value is -1.36. The summed E-state index contributed by atoms with van der Waals surface area (Å²) in [7, 11) is 0. The molecule has 2 heterocycles. The van der Waals surface area contributed by atoms with Crippen LogP contribution < -0.4 is 5.73 Å². The van der Waals surface area contributed by atoms with Gasteiger partial charge in [-0.25, -0.2) is 15.0 Å². The summed E-state index contributed by atoms with van der Waals surface area (Å²) in [6.07, 6.45) is 2.92. The highest BCUT2D eigenvalue weighted by atomic mass is 35.5. The van der Waals surface area contributed by atoms with E-state index in [1.165, 1.54) is 12.7 Å². The fraction of sp³-hybridized carbons (Fsp3) is 0. The summed E-state index contributed by atoms with van der Waals surface area (Å²) in [5, 5.41) is 0. The molecule has 0 aliphatic carbocycles. The van der Waals surface area contributed by atoms with Crippen LogP contribution in [-0.2, 0) is 0 Å². The first-order valence-electron chi connectivity index (χ1n) is 2.77. The molecule has 0 unspecified atom stereocenters. The molecule has 0 aliphatic rings. The fourth-order valence-electron chi connectivity index (χ4n) is 0.784. The van der Waals surface area contributed by atoms with Crippen molar-refractivity contribution in [1.82, 2.24) is 19.9 Å². The molecule has 0 aromatic carbocycles. The number of imidazole rings is 1. The summed E-state index contributed by atoms with van der Waals surface area (Å²) < 4.78 is 0. The lowest BCUT2D eigenvalue weighted by Gasteiger charge is -1.89. The summed E-state index contributed by atoms with van der Waals surface area (Å²) >= 11 is 0. The number of nitrogen functional groups attached to an aromatic ring is 1. The highest BCUT2D eigenvalue weighted by Gasteiger charge is 1.99. The van der Waals surface area contributed by atoms with E-state index in [4.69, 9.17) is 5.73 Å². The van der Waals surface area contributed by atoms with Crippen LogP contribution in [0.1, 0.15) is 0 Å². The molecule has 3 N–H and O–H groups in total. The van der Waals surface area contributed by atoms with Gasteiger partial charge in [-0.1, -0.05) is 0 Å². The van der Waals surface area contributed by atoms with Crippen LogP contribution in [0.2, 0.25) is 0 Å². The van der Waals surface area contributed by atoms with Crippen molar-refractivity contribution in [2.75, 3.05) is 5.73 Å². The minimum Gasteiger partial charge on any atom is -0.382 e. The van der Waals surface area contributed by atoms with E-state index in [1.54, 1.807) is 0 Å². The number of H-pyrrole nitrogens is 1. The third-order valence-electron chi connectivity index (χ3n) is 1.25.